The lowest BCUT2D eigenvalue weighted by molar-refractivity contribution is -0.0513. The highest BCUT2D eigenvalue weighted by molar-refractivity contribution is 7.99. The van der Waals surface area contributed by atoms with Gasteiger partial charge >= 0.3 is 6.61 Å². The molecule has 0 spiro atoms. The summed E-state index contributed by atoms with van der Waals surface area (Å²) in [6.45, 7) is -3.07. The highest BCUT2D eigenvalue weighted by Gasteiger charge is 2.15. The molecule has 0 saturated heterocycles. The van der Waals surface area contributed by atoms with Gasteiger partial charge in [0, 0.05) is 11.1 Å². The van der Waals surface area contributed by atoms with Gasteiger partial charge in [0.05, 0.1) is 19.1 Å². The van der Waals surface area contributed by atoms with Crippen molar-refractivity contribution in [3.63, 3.8) is 0 Å². The summed E-state index contributed by atoms with van der Waals surface area (Å²) < 4.78 is 64.9. The van der Waals surface area contributed by atoms with Gasteiger partial charge in [-0.1, -0.05) is 23.9 Å². The number of rotatable bonds is 9. The molecule has 2 aromatic carbocycles. The molecule has 0 fully saturated rings. The van der Waals surface area contributed by atoms with Gasteiger partial charge in [0.2, 0.25) is 0 Å². The number of methoxy groups -OCH3 is 2. The predicted molar refractivity (Wildman–Crippen MR) is 97.8 cm³/mol. The van der Waals surface area contributed by atoms with Crippen LogP contribution >= 0.6 is 11.8 Å². The SMILES string of the molecule is COc1cc(C(=O)/C=C/c2cccc(OC)c2OC(F)F)ccc1SC(F)F. The molecule has 0 amide bonds. The molecule has 0 aliphatic heterocycles. The molecule has 0 bridgehead atoms. The van der Waals surface area contributed by atoms with E-state index in [1.165, 1.54) is 50.6 Å². The Morgan fingerprint density at radius 2 is 1.75 bits per heavy atom. The number of hydrogen-bond donors (Lipinski definition) is 0. The fraction of sp³-hybridized carbons (Fsp3) is 0.211. The number of thioether (sulfide) groups is 1. The number of halogens is 4. The van der Waals surface area contributed by atoms with Crippen molar-refractivity contribution >= 4 is 23.6 Å². The Labute approximate surface area is 163 Å². The molecule has 4 nitrogen and oxygen atoms in total. The van der Waals surface area contributed by atoms with Crippen molar-refractivity contribution in [1.82, 2.24) is 0 Å². The molecule has 0 radical (unpaired) electrons. The normalized spacial score (nSPS) is 11.3. The number of ether oxygens (including phenoxy) is 3. The number of carbonyl (C=O) groups is 1. The summed E-state index contributed by atoms with van der Waals surface area (Å²) >= 11 is 0.303. The number of carbonyl (C=O) groups excluding carboxylic acids is 1. The molecular formula is C19H16F4O4S. The van der Waals surface area contributed by atoms with Crippen LogP contribution in [0.3, 0.4) is 0 Å². The van der Waals surface area contributed by atoms with Gasteiger partial charge in [-0.25, -0.2) is 0 Å². The van der Waals surface area contributed by atoms with E-state index in [0.29, 0.717) is 11.8 Å². The second-order valence-electron chi connectivity index (χ2n) is 5.20. The van der Waals surface area contributed by atoms with Crippen molar-refractivity contribution in [3.8, 4) is 17.2 Å². The average molecular weight is 416 g/mol. The Morgan fingerprint density at radius 1 is 1.04 bits per heavy atom. The molecule has 2 aromatic rings. The third-order valence-corrected chi connectivity index (χ3v) is 4.28. The van der Waals surface area contributed by atoms with Crippen molar-refractivity contribution in [1.29, 1.82) is 0 Å². The van der Waals surface area contributed by atoms with E-state index in [-0.39, 0.29) is 33.3 Å². The second kappa shape index (κ2) is 10.0. The predicted octanol–water partition coefficient (Wildman–Crippen LogP) is 5.52. The van der Waals surface area contributed by atoms with E-state index in [1.807, 2.05) is 0 Å². The molecule has 0 aliphatic carbocycles. The maximum Gasteiger partial charge on any atom is 0.387 e. The van der Waals surface area contributed by atoms with Gasteiger partial charge in [-0.15, -0.1) is 0 Å². The Hall–Kier alpha value is -2.68. The summed E-state index contributed by atoms with van der Waals surface area (Å²) in [5, 5.41) is 0. The van der Waals surface area contributed by atoms with E-state index in [9.17, 15) is 22.4 Å². The number of ketones is 1. The Kier molecular flexibility index (Phi) is 7.74. The van der Waals surface area contributed by atoms with Crippen LogP contribution in [0.1, 0.15) is 15.9 Å². The van der Waals surface area contributed by atoms with Crippen LogP contribution in [0.2, 0.25) is 0 Å². The maximum atomic E-state index is 12.7. The minimum Gasteiger partial charge on any atom is -0.496 e. The number of hydrogen-bond acceptors (Lipinski definition) is 5. The lowest BCUT2D eigenvalue weighted by Gasteiger charge is -2.12. The summed E-state index contributed by atoms with van der Waals surface area (Å²) in [4.78, 5) is 12.6. The van der Waals surface area contributed by atoms with Crippen molar-refractivity contribution in [2.24, 2.45) is 0 Å². The fourth-order valence-electron chi connectivity index (χ4n) is 2.32. The summed E-state index contributed by atoms with van der Waals surface area (Å²) in [5.41, 5.74) is 0.399. The van der Waals surface area contributed by atoms with Crippen LogP contribution in [0.25, 0.3) is 6.08 Å². The van der Waals surface area contributed by atoms with E-state index >= 15 is 0 Å². The molecular weight excluding hydrogens is 400 g/mol. The van der Waals surface area contributed by atoms with Crippen LogP contribution in [0, 0.1) is 0 Å². The summed E-state index contributed by atoms with van der Waals surface area (Å²) in [5.74, 6) is -3.09. The molecule has 0 N–H and O–H groups in total. The summed E-state index contributed by atoms with van der Waals surface area (Å²) in [7, 11) is 2.61. The third-order valence-electron chi connectivity index (χ3n) is 3.51. The number of benzene rings is 2. The lowest BCUT2D eigenvalue weighted by atomic mass is 10.1. The van der Waals surface area contributed by atoms with Crippen molar-refractivity contribution in [2.45, 2.75) is 17.3 Å². The molecule has 0 heterocycles. The monoisotopic (exact) mass is 416 g/mol. The first-order chi connectivity index (χ1) is 13.3. The van der Waals surface area contributed by atoms with Gasteiger partial charge in [-0.05, 0) is 36.4 Å². The van der Waals surface area contributed by atoms with Crippen LogP contribution in [-0.2, 0) is 0 Å². The largest absolute Gasteiger partial charge is 0.496 e. The van der Waals surface area contributed by atoms with E-state index in [4.69, 9.17) is 9.47 Å². The van der Waals surface area contributed by atoms with Gasteiger partial charge in [-0.2, -0.15) is 17.6 Å². The molecule has 28 heavy (non-hydrogen) atoms. The molecule has 150 valence electrons. The molecule has 2 rings (SSSR count). The molecule has 0 aromatic heterocycles. The van der Waals surface area contributed by atoms with Crippen LogP contribution in [-0.4, -0.2) is 32.4 Å². The molecule has 0 atom stereocenters. The molecule has 0 unspecified atom stereocenters. The maximum absolute atomic E-state index is 12.7. The quantitative estimate of drug-likeness (QED) is 0.233. The zero-order valence-corrected chi connectivity index (χ0v) is 15.6. The first-order valence-corrected chi connectivity index (χ1v) is 8.70. The molecule has 9 heteroatoms. The zero-order valence-electron chi connectivity index (χ0n) is 14.8. The van der Waals surface area contributed by atoms with Gasteiger partial charge in [-0.3, -0.25) is 4.79 Å². The number of para-hydroxylation sites is 1. The highest BCUT2D eigenvalue weighted by Crippen LogP contribution is 2.35. The highest BCUT2D eigenvalue weighted by atomic mass is 32.2. The van der Waals surface area contributed by atoms with Crippen LogP contribution in [0.5, 0.6) is 17.2 Å². The minimum absolute atomic E-state index is 0.0879. The Balaban J connectivity index is 2.29. The third kappa shape index (κ3) is 5.66. The second-order valence-corrected chi connectivity index (χ2v) is 6.23. The van der Waals surface area contributed by atoms with Crippen molar-refractivity contribution < 1.29 is 36.6 Å². The zero-order chi connectivity index (χ0) is 20.7. The van der Waals surface area contributed by atoms with Gasteiger partial charge in [0.1, 0.15) is 5.75 Å². The van der Waals surface area contributed by atoms with E-state index in [1.54, 1.807) is 6.07 Å². The van der Waals surface area contributed by atoms with E-state index < -0.39 is 18.2 Å². The van der Waals surface area contributed by atoms with Crippen molar-refractivity contribution in [2.75, 3.05) is 14.2 Å². The first kappa shape index (κ1) is 21.6. The number of allylic oxidation sites excluding steroid dienone is 1. The van der Waals surface area contributed by atoms with Gasteiger partial charge < -0.3 is 14.2 Å². The average Bonchev–Trinajstić information content (AvgIpc) is 2.66. The Morgan fingerprint density at radius 3 is 2.36 bits per heavy atom. The van der Waals surface area contributed by atoms with Gasteiger partial charge in [0.15, 0.2) is 17.3 Å². The molecule has 0 saturated carbocycles. The first-order valence-electron chi connectivity index (χ1n) is 7.82. The summed E-state index contributed by atoms with van der Waals surface area (Å²) in [6.07, 6.45) is 2.46. The van der Waals surface area contributed by atoms with Crippen molar-refractivity contribution in [3.05, 3.63) is 53.6 Å². The van der Waals surface area contributed by atoms with E-state index in [2.05, 4.69) is 4.74 Å². The summed E-state index contributed by atoms with van der Waals surface area (Å²) in [6, 6.07) is 8.55. The number of alkyl halides is 4. The Bertz CT molecular complexity index is 856. The van der Waals surface area contributed by atoms with Crippen LogP contribution in [0.4, 0.5) is 17.6 Å². The smallest absolute Gasteiger partial charge is 0.387 e. The standard InChI is InChI=1S/C19H16F4O4S/c1-25-14-5-3-4-11(17(14)27-18(20)21)6-8-13(24)12-7-9-16(28-19(22)23)15(10-12)26-2/h3-10,18-19H,1-2H3/b8-6+. The van der Waals surface area contributed by atoms with Crippen LogP contribution in [0.15, 0.2) is 47.4 Å². The minimum atomic E-state index is -3.07. The fourth-order valence-corrected chi connectivity index (χ4v) is 2.91. The van der Waals surface area contributed by atoms with E-state index in [0.717, 1.165) is 6.08 Å². The van der Waals surface area contributed by atoms with Gasteiger partial charge in [0.25, 0.3) is 5.76 Å². The molecule has 0 aliphatic rings. The van der Waals surface area contributed by atoms with Crippen LogP contribution < -0.4 is 14.2 Å². The lowest BCUT2D eigenvalue weighted by Crippen LogP contribution is -2.05. The topological polar surface area (TPSA) is 44.8 Å².